The van der Waals surface area contributed by atoms with E-state index in [9.17, 15) is 19.8 Å². The SMILES string of the molecule is COc1cc(CCC(CC(=O)CC2c3cc(OC)c(O)cc3C(CNC3CCCCC3)=CC3CCCCC32)OC(C)=O)ccc1O. The van der Waals surface area contributed by atoms with Crippen LogP contribution >= 0.6 is 0 Å². The summed E-state index contributed by atoms with van der Waals surface area (Å²) in [6.07, 6.45) is 14.0. The predicted octanol–water partition coefficient (Wildman–Crippen LogP) is 7.24. The summed E-state index contributed by atoms with van der Waals surface area (Å²) in [5.41, 5.74) is 4.20. The maximum Gasteiger partial charge on any atom is 0.302 e. The number of aromatic hydroxyl groups is 2. The van der Waals surface area contributed by atoms with Gasteiger partial charge in [-0.25, -0.2) is 0 Å². The quantitative estimate of drug-likeness (QED) is 0.198. The topological polar surface area (TPSA) is 114 Å². The number of hydrogen-bond acceptors (Lipinski definition) is 8. The van der Waals surface area contributed by atoms with Crippen molar-refractivity contribution in [3.8, 4) is 23.0 Å². The Labute approximate surface area is 273 Å². The molecule has 5 rings (SSSR count). The molecule has 0 radical (unpaired) electrons. The fourth-order valence-corrected chi connectivity index (χ4v) is 8.01. The van der Waals surface area contributed by atoms with Gasteiger partial charge in [0.2, 0.25) is 0 Å². The number of ether oxygens (including phenoxy) is 3. The van der Waals surface area contributed by atoms with Gasteiger partial charge in [0.05, 0.1) is 14.2 Å². The Kier molecular flexibility index (Phi) is 11.7. The van der Waals surface area contributed by atoms with E-state index in [1.165, 1.54) is 58.1 Å². The van der Waals surface area contributed by atoms with Crippen molar-refractivity contribution in [2.24, 2.45) is 11.8 Å². The van der Waals surface area contributed by atoms with Gasteiger partial charge in [0.25, 0.3) is 0 Å². The molecule has 3 aliphatic carbocycles. The van der Waals surface area contributed by atoms with Gasteiger partial charge in [-0.05, 0) is 103 Å². The molecule has 2 saturated carbocycles. The molecule has 0 spiro atoms. The number of methoxy groups -OCH3 is 2. The molecule has 2 aromatic rings. The van der Waals surface area contributed by atoms with E-state index >= 15 is 0 Å². The third-order valence-electron chi connectivity index (χ3n) is 10.3. The number of hydrogen-bond donors (Lipinski definition) is 3. The Morgan fingerprint density at radius 3 is 2.37 bits per heavy atom. The van der Waals surface area contributed by atoms with E-state index in [1.54, 1.807) is 19.2 Å². The van der Waals surface area contributed by atoms with Gasteiger partial charge in [-0.2, -0.15) is 0 Å². The largest absolute Gasteiger partial charge is 0.504 e. The van der Waals surface area contributed by atoms with Gasteiger partial charge in [-0.1, -0.05) is 44.2 Å². The molecule has 0 aromatic heterocycles. The highest BCUT2D eigenvalue weighted by molar-refractivity contribution is 5.82. The van der Waals surface area contributed by atoms with Crippen molar-refractivity contribution in [3.05, 3.63) is 53.1 Å². The van der Waals surface area contributed by atoms with Crippen LogP contribution in [0.25, 0.3) is 5.57 Å². The van der Waals surface area contributed by atoms with Crippen molar-refractivity contribution in [3.63, 3.8) is 0 Å². The number of nitrogens with one attached hydrogen (secondary N) is 1. The molecule has 3 aliphatic rings. The number of fused-ring (bicyclic) bond motifs is 2. The Morgan fingerprint density at radius 1 is 0.913 bits per heavy atom. The third-order valence-corrected chi connectivity index (χ3v) is 10.3. The van der Waals surface area contributed by atoms with Crippen LogP contribution in [-0.2, 0) is 20.7 Å². The lowest BCUT2D eigenvalue weighted by Crippen LogP contribution is -2.32. The zero-order valence-electron chi connectivity index (χ0n) is 27.7. The molecule has 4 unspecified atom stereocenters. The number of rotatable bonds is 13. The van der Waals surface area contributed by atoms with Crippen molar-refractivity contribution >= 4 is 17.3 Å². The molecule has 4 atom stereocenters. The Bertz CT molecular complexity index is 1400. The van der Waals surface area contributed by atoms with Crippen LogP contribution in [0.15, 0.2) is 36.4 Å². The van der Waals surface area contributed by atoms with E-state index in [-0.39, 0.29) is 29.6 Å². The van der Waals surface area contributed by atoms with E-state index < -0.39 is 12.1 Å². The molecule has 0 aliphatic heterocycles. The molecule has 8 nitrogen and oxygen atoms in total. The standard InChI is InChI=1S/C38H51NO7/c1-24(40)46-30(15-13-25-14-16-35(42)37(17-25)44-2)19-29(41)20-33-31-12-8-7-9-26(31)18-27(23-39-28-10-5-4-6-11-28)32-21-36(43)38(45-3)22-34(32)33/h14,16-18,21-22,26,28,30-31,33,39,42-43H,4-13,15,19-20,23H2,1-3H3. The van der Waals surface area contributed by atoms with Crippen LogP contribution in [0.4, 0.5) is 0 Å². The number of carbonyl (C=O) groups excluding carboxylic acids is 2. The number of allylic oxidation sites excluding steroid dienone is 1. The number of benzene rings is 2. The molecular weight excluding hydrogens is 582 g/mol. The second-order valence-electron chi connectivity index (χ2n) is 13.5. The monoisotopic (exact) mass is 633 g/mol. The first kappa shape index (κ1) is 33.8. The summed E-state index contributed by atoms with van der Waals surface area (Å²) in [4.78, 5) is 26.0. The second kappa shape index (κ2) is 15.9. The smallest absolute Gasteiger partial charge is 0.302 e. The molecule has 2 aromatic carbocycles. The number of esters is 1. The van der Waals surface area contributed by atoms with E-state index in [2.05, 4.69) is 11.4 Å². The second-order valence-corrected chi connectivity index (χ2v) is 13.5. The summed E-state index contributed by atoms with van der Waals surface area (Å²) in [6, 6.07) is 9.47. The number of phenols is 2. The molecule has 2 fully saturated rings. The summed E-state index contributed by atoms with van der Waals surface area (Å²) in [5.74, 6) is 1.25. The molecule has 250 valence electrons. The minimum absolute atomic E-state index is 0.0370. The van der Waals surface area contributed by atoms with E-state index in [4.69, 9.17) is 14.2 Å². The lowest BCUT2D eigenvalue weighted by Gasteiger charge is -2.35. The first-order valence-electron chi connectivity index (χ1n) is 17.2. The lowest BCUT2D eigenvalue weighted by atomic mass is 9.69. The van der Waals surface area contributed by atoms with Crippen molar-refractivity contribution in [1.82, 2.24) is 5.32 Å². The van der Waals surface area contributed by atoms with Crippen LogP contribution in [0.5, 0.6) is 23.0 Å². The molecular formula is C38H51NO7. The van der Waals surface area contributed by atoms with Crippen molar-refractivity contribution in [2.75, 3.05) is 20.8 Å². The molecule has 46 heavy (non-hydrogen) atoms. The number of carbonyl (C=O) groups is 2. The lowest BCUT2D eigenvalue weighted by molar-refractivity contribution is -0.147. The van der Waals surface area contributed by atoms with Crippen LogP contribution in [0.3, 0.4) is 0 Å². The number of Topliss-reactive ketones (excluding diaryl/α,β-unsaturated/α-hetero) is 1. The van der Waals surface area contributed by atoms with Gasteiger partial charge in [0.15, 0.2) is 23.0 Å². The summed E-state index contributed by atoms with van der Waals surface area (Å²) in [6.45, 7) is 2.12. The van der Waals surface area contributed by atoms with Crippen LogP contribution in [0, 0.1) is 11.8 Å². The Hall–Kier alpha value is -3.52. The zero-order chi connectivity index (χ0) is 32.6. The molecule has 0 bridgehead atoms. The van der Waals surface area contributed by atoms with Gasteiger partial charge in [-0.15, -0.1) is 0 Å². The predicted molar refractivity (Wildman–Crippen MR) is 178 cm³/mol. The molecule has 0 saturated heterocycles. The summed E-state index contributed by atoms with van der Waals surface area (Å²) in [7, 11) is 3.07. The van der Waals surface area contributed by atoms with E-state index in [0.717, 1.165) is 42.5 Å². The van der Waals surface area contributed by atoms with Crippen molar-refractivity contribution < 1.29 is 34.0 Å². The Morgan fingerprint density at radius 2 is 1.63 bits per heavy atom. The van der Waals surface area contributed by atoms with E-state index in [0.29, 0.717) is 48.6 Å². The van der Waals surface area contributed by atoms with Crippen LogP contribution < -0.4 is 14.8 Å². The van der Waals surface area contributed by atoms with Crippen LogP contribution in [0.2, 0.25) is 0 Å². The fraction of sp³-hybridized carbons (Fsp3) is 0.579. The normalized spacial score (nSPS) is 22.1. The molecule has 0 amide bonds. The van der Waals surface area contributed by atoms with Crippen LogP contribution in [-0.4, -0.2) is 54.9 Å². The number of phenolic OH excluding ortho intramolecular Hbond substituents is 2. The summed E-state index contributed by atoms with van der Waals surface area (Å²) >= 11 is 0. The minimum Gasteiger partial charge on any atom is -0.504 e. The van der Waals surface area contributed by atoms with Crippen LogP contribution in [0.1, 0.15) is 107 Å². The fourth-order valence-electron chi connectivity index (χ4n) is 8.01. The first-order valence-corrected chi connectivity index (χ1v) is 17.2. The van der Waals surface area contributed by atoms with E-state index in [1.807, 2.05) is 18.2 Å². The van der Waals surface area contributed by atoms with Crippen molar-refractivity contribution in [1.29, 1.82) is 0 Å². The third kappa shape index (κ3) is 8.44. The van der Waals surface area contributed by atoms with Gasteiger partial charge < -0.3 is 29.7 Å². The summed E-state index contributed by atoms with van der Waals surface area (Å²) < 4.78 is 16.5. The van der Waals surface area contributed by atoms with Crippen molar-refractivity contribution in [2.45, 2.75) is 108 Å². The highest BCUT2D eigenvalue weighted by Gasteiger charge is 2.38. The maximum absolute atomic E-state index is 13.9. The maximum atomic E-state index is 13.9. The number of aryl methyl sites for hydroxylation is 1. The van der Waals surface area contributed by atoms with Gasteiger partial charge in [-0.3, -0.25) is 9.59 Å². The Balaban J connectivity index is 1.38. The minimum atomic E-state index is -0.556. The molecule has 8 heteroatoms. The van der Waals surface area contributed by atoms with Gasteiger partial charge >= 0.3 is 5.97 Å². The average molecular weight is 634 g/mol. The average Bonchev–Trinajstić information content (AvgIpc) is 3.17. The first-order chi connectivity index (χ1) is 22.2. The molecule has 3 N–H and O–H groups in total. The van der Waals surface area contributed by atoms with Gasteiger partial charge in [0.1, 0.15) is 11.9 Å². The number of ketones is 1. The highest BCUT2D eigenvalue weighted by atomic mass is 16.5. The zero-order valence-corrected chi connectivity index (χ0v) is 27.7. The summed E-state index contributed by atoms with van der Waals surface area (Å²) in [5, 5.41) is 24.7. The van der Waals surface area contributed by atoms with Gasteiger partial charge in [0, 0.05) is 32.4 Å². The highest BCUT2D eigenvalue weighted by Crippen LogP contribution is 2.50. The molecule has 0 heterocycles.